The minimum atomic E-state index is 0.631. The van der Waals surface area contributed by atoms with Gasteiger partial charge in [-0.3, -0.25) is 0 Å². The van der Waals surface area contributed by atoms with E-state index in [1.807, 2.05) is 11.4 Å². The van der Waals surface area contributed by atoms with Gasteiger partial charge in [0.15, 0.2) is 0 Å². The molecule has 0 aliphatic heterocycles. The number of hydrogen-bond acceptors (Lipinski definition) is 2. The fourth-order valence-electron chi connectivity index (χ4n) is 0.570. The van der Waals surface area contributed by atoms with Gasteiger partial charge >= 0.3 is 0 Å². The molecule has 1 aromatic heterocycles. The average molecular weight is 213 g/mol. The van der Waals surface area contributed by atoms with Crippen molar-refractivity contribution in [2.75, 3.05) is 5.21 Å². The summed E-state index contributed by atoms with van der Waals surface area (Å²) >= 11 is 14.6. The van der Waals surface area contributed by atoms with Crippen LogP contribution < -0.4 is 0 Å². The number of thioether (sulfide) groups is 1. The minimum Gasteiger partial charge on any atom is -0.141 e. The fraction of sp³-hybridized carbons (Fsp3) is 0.333. The van der Waals surface area contributed by atoms with Crippen molar-refractivity contribution in [2.45, 2.75) is 5.75 Å². The Morgan fingerprint density at radius 1 is 1.60 bits per heavy atom. The maximum atomic E-state index is 5.84. The highest BCUT2D eigenvalue weighted by molar-refractivity contribution is 7.99. The van der Waals surface area contributed by atoms with E-state index in [0.29, 0.717) is 5.21 Å². The van der Waals surface area contributed by atoms with Gasteiger partial charge in [0.2, 0.25) is 0 Å². The van der Waals surface area contributed by atoms with Gasteiger partial charge in [-0.25, -0.2) is 0 Å². The van der Waals surface area contributed by atoms with Crippen LogP contribution in [-0.4, -0.2) is 5.21 Å². The zero-order valence-corrected chi connectivity index (χ0v) is 8.29. The molecule has 0 N–H and O–H groups in total. The van der Waals surface area contributed by atoms with Crippen molar-refractivity contribution in [2.24, 2.45) is 0 Å². The molecule has 0 amide bonds. The Hall–Kier alpha value is 0.630. The third-order valence-electron chi connectivity index (χ3n) is 1.03. The van der Waals surface area contributed by atoms with E-state index in [9.17, 15) is 0 Å². The van der Waals surface area contributed by atoms with E-state index in [4.69, 9.17) is 23.2 Å². The zero-order valence-electron chi connectivity index (χ0n) is 5.14. The maximum Gasteiger partial charge on any atom is 0.0968 e. The molecule has 0 fully saturated rings. The van der Waals surface area contributed by atoms with Gasteiger partial charge in [0, 0.05) is 5.75 Å². The molecule has 10 heavy (non-hydrogen) atoms. The number of alkyl halides is 1. The Balaban J connectivity index is 2.49. The lowest BCUT2D eigenvalue weighted by Crippen LogP contribution is -1.74. The summed E-state index contributed by atoms with van der Waals surface area (Å²) in [5, 5.41) is 2.62. The molecule has 1 rings (SSSR count). The Morgan fingerprint density at radius 2 is 2.40 bits per heavy atom. The van der Waals surface area contributed by atoms with Crippen LogP contribution in [0.25, 0.3) is 0 Å². The third-order valence-corrected chi connectivity index (χ3v) is 3.41. The third kappa shape index (κ3) is 2.35. The molecule has 0 aromatic carbocycles. The maximum absolute atomic E-state index is 5.84. The van der Waals surface area contributed by atoms with E-state index in [-0.39, 0.29) is 0 Å². The van der Waals surface area contributed by atoms with Crippen LogP contribution in [0, 0.1) is 0 Å². The molecule has 4 heteroatoms. The lowest BCUT2D eigenvalue weighted by atomic mass is 10.4. The molecule has 0 saturated carbocycles. The van der Waals surface area contributed by atoms with E-state index in [0.717, 1.165) is 10.1 Å². The summed E-state index contributed by atoms with van der Waals surface area (Å²) in [5.41, 5.74) is 1.19. The predicted molar refractivity (Wildman–Crippen MR) is 51.3 cm³/mol. The topological polar surface area (TPSA) is 0 Å². The fourth-order valence-corrected chi connectivity index (χ4v) is 2.44. The van der Waals surface area contributed by atoms with Crippen LogP contribution >= 0.6 is 46.3 Å². The number of halogens is 2. The van der Waals surface area contributed by atoms with Crippen molar-refractivity contribution in [3.63, 3.8) is 0 Å². The zero-order chi connectivity index (χ0) is 7.40. The molecule has 0 atom stereocenters. The Bertz CT molecular complexity index is 197. The summed E-state index contributed by atoms with van der Waals surface area (Å²) < 4.78 is 0.887. The lowest BCUT2D eigenvalue weighted by molar-refractivity contribution is 1.48. The molecular weight excluding hydrogens is 207 g/mol. The summed E-state index contributed by atoms with van der Waals surface area (Å²) in [5.74, 6) is 0.922. The number of rotatable bonds is 3. The summed E-state index contributed by atoms with van der Waals surface area (Å²) in [6.07, 6.45) is 0. The molecule has 0 spiro atoms. The molecule has 0 nitrogen and oxygen atoms in total. The van der Waals surface area contributed by atoms with Crippen LogP contribution in [0.3, 0.4) is 0 Å². The number of hydrogen-bond donors (Lipinski definition) is 0. The van der Waals surface area contributed by atoms with Crippen molar-refractivity contribution in [1.82, 2.24) is 0 Å². The SMILES string of the molecule is ClCSCc1ccsc1Cl. The van der Waals surface area contributed by atoms with E-state index in [1.54, 1.807) is 23.1 Å². The average Bonchev–Trinajstić information content (AvgIpc) is 2.31. The van der Waals surface area contributed by atoms with E-state index in [1.165, 1.54) is 5.56 Å². The van der Waals surface area contributed by atoms with Crippen molar-refractivity contribution in [1.29, 1.82) is 0 Å². The smallest absolute Gasteiger partial charge is 0.0968 e. The minimum absolute atomic E-state index is 0.631. The van der Waals surface area contributed by atoms with Gasteiger partial charge in [-0.15, -0.1) is 34.7 Å². The molecule has 0 aliphatic rings. The molecule has 56 valence electrons. The monoisotopic (exact) mass is 212 g/mol. The molecule has 0 saturated heterocycles. The van der Waals surface area contributed by atoms with Crippen LogP contribution in [0.5, 0.6) is 0 Å². The number of thiophene rings is 1. The molecule has 0 unspecified atom stereocenters. The standard InChI is InChI=1S/C6H6Cl2S2/c7-4-9-3-5-1-2-10-6(5)8/h1-2H,3-4H2. The molecule has 1 heterocycles. The second-order valence-electron chi connectivity index (χ2n) is 1.68. The highest BCUT2D eigenvalue weighted by Gasteiger charge is 1.99. The quantitative estimate of drug-likeness (QED) is 0.687. The Kier molecular flexibility index (Phi) is 3.92. The highest BCUT2D eigenvalue weighted by atomic mass is 35.5. The molecule has 0 aliphatic carbocycles. The Labute approximate surface area is 78.5 Å². The normalized spacial score (nSPS) is 10.2. The summed E-state index contributed by atoms with van der Waals surface area (Å²) in [7, 11) is 0. The van der Waals surface area contributed by atoms with Crippen molar-refractivity contribution in [3.05, 3.63) is 21.3 Å². The van der Waals surface area contributed by atoms with Crippen LogP contribution in [0.2, 0.25) is 4.34 Å². The van der Waals surface area contributed by atoms with Crippen LogP contribution in [-0.2, 0) is 5.75 Å². The molecule has 0 radical (unpaired) electrons. The molecule has 0 bridgehead atoms. The van der Waals surface area contributed by atoms with Crippen LogP contribution in [0.4, 0.5) is 0 Å². The molecule has 1 aromatic rings. The second-order valence-corrected chi connectivity index (χ2v) is 4.77. The molecular formula is C6H6Cl2S2. The first-order valence-corrected chi connectivity index (χ1v) is 5.65. The van der Waals surface area contributed by atoms with Gasteiger partial charge in [-0.2, -0.15) is 0 Å². The van der Waals surface area contributed by atoms with E-state index in [2.05, 4.69) is 0 Å². The van der Waals surface area contributed by atoms with Crippen molar-refractivity contribution in [3.8, 4) is 0 Å². The first-order valence-electron chi connectivity index (χ1n) is 2.70. The van der Waals surface area contributed by atoms with Gasteiger partial charge in [-0.1, -0.05) is 11.6 Å². The van der Waals surface area contributed by atoms with Gasteiger partial charge in [0.1, 0.15) is 0 Å². The summed E-state index contributed by atoms with van der Waals surface area (Å²) in [6.45, 7) is 0. The lowest BCUT2D eigenvalue weighted by Gasteiger charge is -1.93. The second kappa shape index (κ2) is 4.50. The largest absolute Gasteiger partial charge is 0.141 e. The van der Waals surface area contributed by atoms with Crippen LogP contribution in [0.1, 0.15) is 5.56 Å². The van der Waals surface area contributed by atoms with Crippen molar-refractivity contribution >= 4 is 46.3 Å². The van der Waals surface area contributed by atoms with Gasteiger partial charge in [0.05, 0.1) is 9.55 Å². The van der Waals surface area contributed by atoms with Gasteiger partial charge < -0.3 is 0 Å². The predicted octanol–water partition coefficient (Wildman–Crippen LogP) is 3.83. The first-order chi connectivity index (χ1) is 4.84. The van der Waals surface area contributed by atoms with Gasteiger partial charge in [-0.05, 0) is 17.0 Å². The first kappa shape index (κ1) is 8.72. The summed E-state index contributed by atoms with van der Waals surface area (Å²) in [4.78, 5) is 0. The Morgan fingerprint density at radius 3 is 2.90 bits per heavy atom. The van der Waals surface area contributed by atoms with E-state index >= 15 is 0 Å². The van der Waals surface area contributed by atoms with Crippen molar-refractivity contribution < 1.29 is 0 Å². The highest BCUT2D eigenvalue weighted by Crippen LogP contribution is 2.26. The summed E-state index contributed by atoms with van der Waals surface area (Å²) in [6, 6.07) is 2.03. The van der Waals surface area contributed by atoms with Gasteiger partial charge in [0.25, 0.3) is 0 Å². The van der Waals surface area contributed by atoms with Crippen LogP contribution in [0.15, 0.2) is 11.4 Å². The van der Waals surface area contributed by atoms with E-state index < -0.39 is 0 Å².